The lowest BCUT2D eigenvalue weighted by Crippen LogP contribution is -2.58. The fourth-order valence-corrected chi connectivity index (χ4v) is 7.36. The second-order valence-corrected chi connectivity index (χ2v) is 15.7. The van der Waals surface area contributed by atoms with Crippen LogP contribution in [-0.2, 0) is 33.9 Å². The third kappa shape index (κ3) is 8.48. The van der Waals surface area contributed by atoms with E-state index in [4.69, 9.17) is 9.47 Å². The van der Waals surface area contributed by atoms with E-state index in [0.29, 0.717) is 25.7 Å². The number of carbonyl (C=O) groups excluding carboxylic acids is 5. The minimum atomic E-state index is -3.89. The molecule has 5 atom stereocenters. The monoisotopic (exact) mass is 673 g/mol. The van der Waals surface area contributed by atoms with Crippen molar-refractivity contribution < 1.29 is 41.9 Å². The maximum Gasteiger partial charge on any atom is 0.408 e. The van der Waals surface area contributed by atoms with Crippen LogP contribution in [0.2, 0.25) is 0 Å². The van der Waals surface area contributed by atoms with Crippen LogP contribution in [0.5, 0.6) is 0 Å². The molecule has 15 heteroatoms. The maximum atomic E-state index is 14.1. The summed E-state index contributed by atoms with van der Waals surface area (Å²) >= 11 is 0. The summed E-state index contributed by atoms with van der Waals surface area (Å²) in [4.78, 5) is 72.6. The topological polar surface area (TPSA) is 190 Å². The minimum absolute atomic E-state index is 0.0820. The van der Waals surface area contributed by atoms with E-state index in [-0.39, 0.29) is 31.4 Å². The number of allylic oxidation sites excluding steroid dienone is 1. The fraction of sp³-hybridized carbons (Fsp3) is 0.625. The van der Waals surface area contributed by atoms with Crippen molar-refractivity contribution in [3.05, 3.63) is 42.2 Å². The first-order valence-electron chi connectivity index (χ1n) is 16.1. The Morgan fingerprint density at radius 2 is 1.87 bits per heavy atom. The van der Waals surface area contributed by atoms with Crippen LogP contribution >= 0.6 is 0 Å². The number of alkyl carbamates (subject to hydrolysis) is 1. The van der Waals surface area contributed by atoms with Gasteiger partial charge in [0.25, 0.3) is 5.91 Å². The predicted molar refractivity (Wildman–Crippen MR) is 168 cm³/mol. The Balaban J connectivity index is 1.42. The van der Waals surface area contributed by atoms with Gasteiger partial charge in [0.2, 0.25) is 21.8 Å². The third-order valence-electron chi connectivity index (χ3n) is 8.70. The quantitative estimate of drug-likeness (QED) is 0.298. The molecule has 3 fully saturated rings. The van der Waals surface area contributed by atoms with Gasteiger partial charge in [-0.25, -0.2) is 18.0 Å². The van der Waals surface area contributed by atoms with Crippen LogP contribution in [0, 0.1) is 5.92 Å². The largest absolute Gasteiger partial charge is 0.457 e. The zero-order chi connectivity index (χ0) is 34.0. The highest BCUT2D eigenvalue weighted by Crippen LogP contribution is 2.46. The van der Waals surface area contributed by atoms with Gasteiger partial charge in [0.15, 0.2) is 0 Å². The molecule has 14 nitrogen and oxygen atoms in total. The zero-order valence-electron chi connectivity index (χ0n) is 26.9. The second-order valence-electron chi connectivity index (χ2n) is 13.7. The number of carbonyl (C=O) groups is 5. The van der Waals surface area contributed by atoms with Crippen molar-refractivity contribution in [2.75, 3.05) is 6.54 Å². The first-order valence-corrected chi connectivity index (χ1v) is 17.7. The van der Waals surface area contributed by atoms with Crippen molar-refractivity contribution in [3.8, 4) is 0 Å². The molecule has 256 valence electrons. The van der Waals surface area contributed by atoms with Gasteiger partial charge in [-0.2, -0.15) is 0 Å². The first-order chi connectivity index (χ1) is 22.2. The van der Waals surface area contributed by atoms with Crippen molar-refractivity contribution in [1.29, 1.82) is 0 Å². The normalized spacial score (nSPS) is 29.1. The molecule has 2 aliphatic heterocycles. The van der Waals surface area contributed by atoms with E-state index in [2.05, 4.69) is 20.3 Å². The SMILES string of the molecule is CC(C)(C)OC(=O)NC1CCCCC/C=C\C2CC2(C(=O)NS(=O)(=O)C2CC2)NC(=O)C2CC(OC(=O)c3cccnc3)CN2C1=O. The molecule has 2 aliphatic carbocycles. The van der Waals surface area contributed by atoms with Crippen molar-refractivity contribution in [1.82, 2.24) is 25.2 Å². The summed E-state index contributed by atoms with van der Waals surface area (Å²) in [6.45, 7) is 4.96. The highest BCUT2D eigenvalue weighted by atomic mass is 32.2. The Labute approximate surface area is 274 Å². The maximum absolute atomic E-state index is 14.1. The summed E-state index contributed by atoms with van der Waals surface area (Å²) in [5.41, 5.74) is -2.15. The smallest absolute Gasteiger partial charge is 0.408 e. The zero-order valence-corrected chi connectivity index (χ0v) is 27.7. The summed E-state index contributed by atoms with van der Waals surface area (Å²) < 4.78 is 38.6. The molecule has 4 aliphatic rings. The van der Waals surface area contributed by atoms with Gasteiger partial charge in [-0.1, -0.05) is 25.0 Å². The third-order valence-corrected chi connectivity index (χ3v) is 10.5. The van der Waals surface area contributed by atoms with E-state index >= 15 is 0 Å². The van der Waals surface area contributed by atoms with Crippen LogP contribution in [-0.4, -0.2) is 89.2 Å². The Kier molecular flexibility index (Phi) is 9.94. The number of sulfonamides is 1. The molecule has 1 saturated heterocycles. The number of pyridine rings is 1. The van der Waals surface area contributed by atoms with E-state index in [1.165, 1.54) is 23.4 Å². The van der Waals surface area contributed by atoms with E-state index in [1.54, 1.807) is 26.8 Å². The Bertz CT molecular complexity index is 1520. The van der Waals surface area contributed by atoms with Gasteiger partial charge in [0.1, 0.15) is 29.3 Å². The molecule has 4 amide bonds. The fourth-order valence-electron chi connectivity index (χ4n) is 6.00. The molecule has 47 heavy (non-hydrogen) atoms. The average molecular weight is 674 g/mol. The summed E-state index contributed by atoms with van der Waals surface area (Å²) in [5, 5.41) is 4.81. The molecular weight excluding hydrogens is 630 g/mol. The molecule has 0 spiro atoms. The predicted octanol–water partition coefficient (Wildman–Crippen LogP) is 2.10. The van der Waals surface area contributed by atoms with Gasteiger partial charge in [-0.05, 0) is 71.4 Å². The van der Waals surface area contributed by atoms with Gasteiger partial charge in [-0.3, -0.25) is 24.1 Å². The number of nitrogens with zero attached hydrogens (tertiary/aromatic N) is 2. The summed E-state index contributed by atoms with van der Waals surface area (Å²) in [7, 11) is -3.89. The molecule has 3 N–H and O–H groups in total. The van der Waals surface area contributed by atoms with Crippen molar-refractivity contribution in [2.45, 2.75) is 113 Å². The molecule has 2 saturated carbocycles. The molecule has 1 aromatic rings. The Morgan fingerprint density at radius 1 is 1.11 bits per heavy atom. The number of hydrogen-bond acceptors (Lipinski definition) is 10. The number of hydrogen-bond donors (Lipinski definition) is 3. The molecule has 0 aromatic carbocycles. The van der Waals surface area contributed by atoms with Gasteiger partial charge >= 0.3 is 12.1 Å². The number of rotatable bonds is 6. The van der Waals surface area contributed by atoms with Gasteiger partial charge in [-0.15, -0.1) is 0 Å². The highest BCUT2D eigenvalue weighted by molar-refractivity contribution is 7.91. The molecule has 1 aromatic heterocycles. The van der Waals surface area contributed by atoms with Gasteiger partial charge < -0.3 is 25.0 Å². The van der Waals surface area contributed by atoms with Crippen LogP contribution in [0.4, 0.5) is 4.79 Å². The van der Waals surface area contributed by atoms with Crippen molar-refractivity contribution >= 4 is 39.8 Å². The van der Waals surface area contributed by atoms with Crippen LogP contribution in [0.15, 0.2) is 36.7 Å². The van der Waals surface area contributed by atoms with E-state index in [0.717, 1.165) is 12.8 Å². The lowest BCUT2D eigenvalue weighted by Gasteiger charge is -2.30. The Morgan fingerprint density at radius 3 is 2.55 bits per heavy atom. The second kappa shape index (κ2) is 13.6. The minimum Gasteiger partial charge on any atom is -0.457 e. The summed E-state index contributed by atoms with van der Waals surface area (Å²) in [6.07, 6.45) is 9.01. The average Bonchev–Trinajstić information content (AvgIpc) is 3.92. The van der Waals surface area contributed by atoms with Gasteiger partial charge in [0.05, 0.1) is 17.4 Å². The standard InChI is InChI=1S/C32H43N5O9S/c1-31(2,3)46-30(42)34-24-12-8-6-4-5-7-11-21-17-32(21,29(41)36-47(43,44)23-13-14-23)35-26(38)25-16-22(19-37(25)27(24)39)45-28(40)20-10-9-15-33-18-20/h7,9-11,15,18,21-25H,4-6,8,12-14,16-17,19H2,1-3H3,(H,34,42)(H,35,38)(H,36,41)/b11-7-. The molecule has 3 heterocycles. The number of ether oxygens (including phenoxy) is 2. The van der Waals surface area contributed by atoms with Gasteiger partial charge in [0, 0.05) is 24.7 Å². The lowest BCUT2D eigenvalue weighted by molar-refractivity contribution is -0.141. The lowest BCUT2D eigenvalue weighted by atomic mass is 10.0. The van der Waals surface area contributed by atoms with Crippen LogP contribution < -0.4 is 15.4 Å². The first kappa shape index (κ1) is 34.3. The number of nitrogens with one attached hydrogen (secondary N) is 3. The summed E-state index contributed by atoms with van der Waals surface area (Å²) in [6, 6.07) is 0.884. The summed E-state index contributed by atoms with van der Waals surface area (Å²) in [5.74, 6) is -3.21. The van der Waals surface area contributed by atoms with E-state index < -0.39 is 80.3 Å². The van der Waals surface area contributed by atoms with E-state index in [1.807, 2.05) is 12.2 Å². The molecular formula is C32H43N5O9S. The van der Waals surface area contributed by atoms with Crippen LogP contribution in [0.1, 0.15) is 88.9 Å². The van der Waals surface area contributed by atoms with Crippen molar-refractivity contribution in [2.24, 2.45) is 5.92 Å². The molecule has 0 bridgehead atoms. The molecule has 5 rings (SSSR count). The van der Waals surface area contributed by atoms with Crippen molar-refractivity contribution in [3.63, 3.8) is 0 Å². The highest BCUT2D eigenvalue weighted by Gasteiger charge is 2.62. The number of amides is 4. The molecule has 5 unspecified atom stereocenters. The van der Waals surface area contributed by atoms with Crippen LogP contribution in [0.3, 0.4) is 0 Å². The Hall–Kier alpha value is -4.01. The van der Waals surface area contributed by atoms with Crippen LogP contribution in [0.25, 0.3) is 0 Å². The van der Waals surface area contributed by atoms with E-state index in [9.17, 15) is 32.4 Å². The number of esters is 1. The molecule has 0 radical (unpaired) electrons. The number of aromatic nitrogens is 1. The number of fused-ring (bicyclic) bond motifs is 2.